The molecule has 3 saturated heterocycles. The van der Waals surface area contributed by atoms with Crippen LogP contribution in [0.15, 0.2) is 0 Å². The molecule has 0 aromatic carbocycles. The molecule has 3 heterocycles. The van der Waals surface area contributed by atoms with E-state index in [1.165, 1.54) is 0 Å². The summed E-state index contributed by atoms with van der Waals surface area (Å²) in [6, 6.07) is 0.00495. The van der Waals surface area contributed by atoms with Crippen LogP contribution in [-0.4, -0.2) is 117 Å². The number of alkyl halides is 1. The van der Waals surface area contributed by atoms with Crippen LogP contribution in [0.25, 0.3) is 0 Å². The van der Waals surface area contributed by atoms with Gasteiger partial charge in [0.25, 0.3) is 0 Å². The minimum atomic E-state index is -0.887. The van der Waals surface area contributed by atoms with Crippen molar-refractivity contribution in [2.45, 2.75) is 89.0 Å². The highest BCUT2D eigenvalue weighted by atomic mass is 19.1. The maximum atomic E-state index is 13.7. The van der Waals surface area contributed by atoms with E-state index >= 15 is 0 Å². The van der Waals surface area contributed by atoms with Crippen molar-refractivity contribution >= 4 is 12.0 Å². The maximum absolute atomic E-state index is 13.7. The lowest BCUT2D eigenvalue weighted by atomic mass is 9.80. The zero-order valence-electron chi connectivity index (χ0n) is 23.9. The van der Waals surface area contributed by atoms with Crippen LogP contribution >= 0.6 is 0 Å². The van der Waals surface area contributed by atoms with E-state index in [2.05, 4.69) is 31.5 Å². The Hall–Kier alpha value is -1.61. The summed E-state index contributed by atoms with van der Waals surface area (Å²) >= 11 is 0. The van der Waals surface area contributed by atoms with Gasteiger partial charge in [0.2, 0.25) is 5.91 Å². The maximum Gasteiger partial charge on any atom is 0.410 e. The molecular formula is C26H49FN8O4. The number of hydrogen-bond donors (Lipinski definition) is 6. The molecule has 0 aromatic rings. The highest BCUT2D eigenvalue weighted by molar-refractivity contribution is 5.77. The van der Waals surface area contributed by atoms with Gasteiger partial charge in [-0.2, -0.15) is 0 Å². The molecule has 3 aliphatic heterocycles. The second-order valence-electron chi connectivity index (χ2n) is 12.3. The normalized spacial score (nSPS) is 37.2. The Kier molecular flexibility index (Phi) is 10.4. The van der Waals surface area contributed by atoms with Gasteiger partial charge in [-0.15, -0.1) is 0 Å². The van der Waals surface area contributed by atoms with Crippen molar-refractivity contribution in [3.05, 3.63) is 0 Å². The van der Waals surface area contributed by atoms with Crippen LogP contribution in [0.3, 0.4) is 0 Å². The molecule has 4 rings (SSSR count). The smallest absolute Gasteiger partial charge is 0.410 e. The summed E-state index contributed by atoms with van der Waals surface area (Å²) < 4.78 is 25.3. The minimum absolute atomic E-state index is 0.00495. The third kappa shape index (κ3) is 7.99. The fraction of sp³-hybridized carbons (Fsp3) is 0.923. The summed E-state index contributed by atoms with van der Waals surface area (Å²) in [5.74, 6) is -0.644. The number of ether oxygens (including phenoxy) is 2. The molecule has 39 heavy (non-hydrogen) atoms. The van der Waals surface area contributed by atoms with Gasteiger partial charge in [0.05, 0.1) is 24.4 Å². The van der Waals surface area contributed by atoms with Crippen LogP contribution in [0.2, 0.25) is 0 Å². The second kappa shape index (κ2) is 13.4. The van der Waals surface area contributed by atoms with Crippen LogP contribution in [0, 0.1) is 11.8 Å². The van der Waals surface area contributed by atoms with Gasteiger partial charge < -0.3 is 20.1 Å². The molecule has 0 spiro atoms. The highest BCUT2D eigenvalue weighted by Crippen LogP contribution is 2.30. The van der Waals surface area contributed by atoms with Crippen molar-refractivity contribution in [3.63, 3.8) is 0 Å². The van der Waals surface area contributed by atoms with Gasteiger partial charge in [0.15, 0.2) is 0 Å². The van der Waals surface area contributed by atoms with Crippen LogP contribution in [0.1, 0.15) is 46.5 Å². The first-order valence-electron chi connectivity index (χ1n) is 14.5. The molecule has 0 aromatic heterocycles. The van der Waals surface area contributed by atoms with Crippen LogP contribution in [0.4, 0.5) is 9.18 Å². The van der Waals surface area contributed by atoms with Crippen LogP contribution in [0.5, 0.6) is 0 Å². The van der Waals surface area contributed by atoms with Crippen molar-refractivity contribution in [2.75, 3.05) is 52.9 Å². The van der Waals surface area contributed by atoms with Crippen molar-refractivity contribution < 1.29 is 23.5 Å². The number of rotatable bonds is 6. The number of nitrogens with one attached hydrogen (secondary N) is 5. The number of nitrogens with zero attached hydrogens (tertiary/aromatic N) is 2. The van der Waals surface area contributed by atoms with Crippen molar-refractivity contribution in [1.29, 1.82) is 0 Å². The topological polar surface area (TPSA) is 145 Å². The quantitative estimate of drug-likeness (QED) is 0.252. The molecule has 0 radical (unpaired) electrons. The Morgan fingerprint density at radius 1 is 1.00 bits per heavy atom. The lowest BCUT2D eigenvalue weighted by molar-refractivity contribution is -0.125. The molecule has 224 valence electrons. The minimum Gasteiger partial charge on any atom is -0.444 e. The first-order chi connectivity index (χ1) is 18.6. The molecule has 12 nitrogen and oxygen atoms in total. The number of halogens is 1. The first-order valence-corrected chi connectivity index (χ1v) is 14.5. The Balaban J connectivity index is 1.39. The van der Waals surface area contributed by atoms with Gasteiger partial charge in [-0.3, -0.25) is 36.3 Å². The van der Waals surface area contributed by atoms with E-state index in [-0.39, 0.29) is 48.7 Å². The predicted octanol–water partition coefficient (Wildman–Crippen LogP) is -0.536. The van der Waals surface area contributed by atoms with Gasteiger partial charge >= 0.3 is 6.09 Å². The lowest BCUT2D eigenvalue weighted by Crippen LogP contribution is -2.72. The number of amides is 2. The van der Waals surface area contributed by atoms with Crippen molar-refractivity contribution in [2.24, 2.45) is 17.6 Å². The molecule has 2 amide bonds. The van der Waals surface area contributed by atoms with E-state index in [0.29, 0.717) is 39.3 Å². The molecule has 1 saturated carbocycles. The summed E-state index contributed by atoms with van der Waals surface area (Å²) in [4.78, 5) is 29.0. The summed E-state index contributed by atoms with van der Waals surface area (Å²) in [7, 11) is 1.72. The monoisotopic (exact) mass is 556 g/mol. The highest BCUT2D eigenvalue weighted by Gasteiger charge is 2.43. The zero-order chi connectivity index (χ0) is 28.2. The fourth-order valence-corrected chi connectivity index (χ4v) is 6.33. The van der Waals surface area contributed by atoms with E-state index in [1.807, 2.05) is 20.8 Å². The van der Waals surface area contributed by atoms with E-state index in [1.54, 1.807) is 12.0 Å². The van der Waals surface area contributed by atoms with Gasteiger partial charge in [-0.05, 0) is 40.0 Å². The van der Waals surface area contributed by atoms with E-state index in [9.17, 15) is 14.0 Å². The van der Waals surface area contributed by atoms with Gasteiger partial charge in [0.1, 0.15) is 18.1 Å². The summed E-state index contributed by atoms with van der Waals surface area (Å²) in [5, 5.41) is 17.3. The zero-order valence-corrected chi connectivity index (χ0v) is 23.9. The van der Waals surface area contributed by atoms with E-state index in [4.69, 9.17) is 15.2 Å². The average molecular weight is 557 g/mol. The largest absolute Gasteiger partial charge is 0.444 e. The van der Waals surface area contributed by atoms with Gasteiger partial charge in [-0.25, -0.2) is 9.18 Å². The molecular weight excluding hydrogens is 507 g/mol. The standard InChI is InChI=1S/C26H49FN8O4/c1-26(2,3)39-25(37)35-10-6-9-34(11-12-35)24-31-15-18(21(28)36)23(33-24)32-19-8-5-7-17(20(19)38-4)22-29-13-16(27)14-30-22/h16-20,22-24,29-33H,5-15H2,1-4H3,(H2,28,36). The summed E-state index contributed by atoms with van der Waals surface area (Å²) in [6.07, 6.45) is 1.87. The fourth-order valence-electron chi connectivity index (χ4n) is 6.33. The van der Waals surface area contributed by atoms with E-state index in [0.717, 1.165) is 32.2 Å². The number of hydrogen-bond acceptors (Lipinski definition) is 10. The van der Waals surface area contributed by atoms with Gasteiger partial charge in [0, 0.05) is 64.9 Å². The molecule has 1 aliphatic carbocycles. The Morgan fingerprint density at radius 2 is 1.74 bits per heavy atom. The molecule has 4 aliphatic rings. The molecule has 6 atom stereocenters. The average Bonchev–Trinajstić information content (AvgIpc) is 3.14. The summed E-state index contributed by atoms with van der Waals surface area (Å²) in [5.41, 5.74) is 5.29. The molecule has 4 fully saturated rings. The molecule has 0 bridgehead atoms. The Morgan fingerprint density at radius 3 is 2.41 bits per heavy atom. The number of methoxy groups -OCH3 is 1. The predicted molar refractivity (Wildman–Crippen MR) is 145 cm³/mol. The third-order valence-electron chi connectivity index (χ3n) is 8.27. The Labute approximate surface area is 231 Å². The number of nitrogens with two attached hydrogens (primary N) is 1. The van der Waals surface area contributed by atoms with Crippen molar-refractivity contribution in [1.82, 2.24) is 36.4 Å². The number of primary amides is 1. The molecule has 13 heteroatoms. The second-order valence-corrected chi connectivity index (χ2v) is 12.3. The third-order valence-corrected chi connectivity index (χ3v) is 8.27. The van der Waals surface area contributed by atoms with Crippen molar-refractivity contribution in [3.8, 4) is 0 Å². The lowest BCUT2D eigenvalue weighted by Gasteiger charge is -2.47. The molecule has 7 N–H and O–H groups in total. The van der Waals surface area contributed by atoms with Crippen LogP contribution in [-0.2, 0) is 14.3 Å². The van der Waals surface area contributed by atoms with Crippen LogP contribution < -0.4 is 32.3 Å². The summed E-state index contributed by atoms with van der Waals surface area (Å²) in [6.45, 7) is 9.38. The first kappa shape index (κ1) is 30.4. The Bertz CT molecular complexity index is 824. The number of carbonyl (C=O) groups excluding carboxylic acids is 2. The van der Waals surface area contributed by atoms with Gasteiger partial charge in [-0.1, -0.05) is 6.42 Å². The number of carbonyl (C=O) groups is 2. The van der Waals surface area contributed by atoms with E-state index < -0.39 is 17.7 Å². The SMILES string of the molecule is COC1C(NC2NC(N3CCCN(C(=O)OC(C)(C)C)CC3)NCC2C(N)=O)CCCC1C1NCC(F)CN1. The molecule has 6 unspecified atom stereocenters.